The maximum atomic E-state index is 5.78. The van der Waals surface area contributed by atoms with Crippen LogP contribution in [0.3, 0.4) is 0 Å². The maximum absolute atomic E-state index is 5.78. The van der Waals surface area contributed by atoms with E-state index in [1.165, 1.54) is 22.4 Å². The van der Waals surface area contributed by atoms with Crippen LogP contribution in [0, 0.1) is 13.8 Å². The number of nitrogen functional groups attached to an aromatic ring is 1. The molecular formula is C21H29N3. The van der Waals surface area contributed by atoms with Gasteiger partial charge in [0.1, 0.15) is 0 Å². The minimum absolute atomic E-state index is 0.564. The van der Waals surface area contributed by atoms with E-state index in [9.17, 15) is 0 Å². The number of benzene rings is 2. The van der Waals surface area contributed by atoms with E-state index < -0.39 is 0 Å². The van der Waals surface area contributed by atoms with E-state index in [2.05, 4.69) is 60.9 Å². The quantitative estimate of drug-likeness (QED) is 0.872. The molecule has 1 aliphatic heterocycles. The van der Waals surface area contributed by atoms with Crippen molar-refractivity contribution in [3.63, 3.8) is 0 Å². The van der Waals surface area contributed by atoms with E-state index in [4.69, 9.17) is 5.73 Å². The third-order valence-corrected chi connectivity index (χ3v) is 5.37. The summed E-state index contributed by atoms with van der Waals surface area (Å²) in [6.45, 7) is 11.2. The number of nitrogens with zero attached hydrogens (tertiary/aromatic N) is 2. The molecule has 0 aromatic heterocycles. The van der Waals surface area contributed by atoms with Gasteiger partial charge in [-0.15, -0.1) is 0 Å². The maximum Gasteiger partial charge on any atom is 0.0399 e. The average Bonchev–Trinajstić information content (AvgIpc) is 2.59. The zero-order chi connectivity index (χ0) is 17.1. The fourth-order valence-corrected chi connectivity index (χ4v) is 3.61. The number of anilines is 2. The molecule has 3 heteroatoms. The van der Waals surface area contributed by atoms with Crippen molar-refractivity contribution in [2.75, 3.05) is 36.8 Å². The SMILES string of the molecule is Cc1cccc(N2CCN(C(C)Cc3ccc(N)cc3)CC2)c1C. The van der Waals surface area contributed by atoms with Crippen molar-refractivity contribution in [3.8, 4) is 0 Å². The van der Waals surface area contributed by atoms with Crippen molar-refractivity contribution in [2.45, 2.75) is 33.2 Å². The van der Waals surface area contributed by atoms with Gasteiger partial charge in [0, 0.05) is 43.6 Å². The number of hydrogen-bond acceptors (Lipinski definition) is 3. The summed E-state index contributed by atoms with van der Waals surface area (Å²) in [5.74, 6) is 0. The van der Waals surface area contributed by atoms with Gasteiger partial charge in [0.2, 0.25) is 0 Å². The average molecular weight is 323 g/mol. The first kappa shape index (κ1) is 16.8. The highest BCUT2D eigenvalue weighted by molar-refractivity contribution is 5.56. The Hall–Kier alpha value is -2.00. The highest BCUT2D eigenvalue weighted by atomic mass is 15.3. The third-order valence-electron chi connectivity index (χ3n) is 5.37. The Morgan fingerprint density at radius 1 is 0.958 bits per heavy atom. The fraction of sp³-hybridized carbons (Fsp3) is 0.429. The molecule has 1 heterocycles. The molecule has 1 saturated heterocycles. The first-order valence-corrected chi connectivity index (χ1v) is 8.94. The van der Waals surface area contributed by atoms with Crippen LogP contribution >= 0.6 is 0 Å². The highest BCUT2D eigenvalue weighted by Gasteiger charge is 2.22. The molecule has 128 valence electrons. The molecule has 2 aromatic rings. The predicted octanol–water partition coefficient (Wildman–Crippen LogP) is 3.64. The van der Waals surface area contributed by atoms with E-state index >= 15 is 0 Å². The molecule has 0 amide bonds. The summed E-state index contributed by atoms with van der Waals surface area (Å²) in [4.78, 5) is 5.15. The molecule has 1 unspecified atom stereocenters. The minimum atomic E-state index is 0.564. The number of nitrogens with two attached hydrogens (primary N) is 1. The van der Waals surface area contributed by atoms with Crippen LogP contribution in [0.1, 0.15) is 23.6 Å². The standard InChI is InChI=1S/C21H29N3/c1-16-5-4-6-21(18(16)3)24-13-11-23(12-14-24)17(2)15-19-7-9-20(22)10-8-19/h4-10,17H,11-15,22H2,1-3H3. The molecule has 3 rings (SSSR count). The Morgan fingerprint density at radius 3 is 2.29 bits per heavy atom. The van der Waals surface area contributed by atoms with Gasteiger partial charge in [-0.3, -0.25) is 4.90 Å². The summed E-state index contributed by atoms with van der Waals surface area (Å²) in [6.07, 6.45) is 1.09. The summed E-state index contributed by atoms with van der Waals surface area (Å²) >= 11 is 0. The molecule has 1 aliphatic rings. The minimum Gasteiger partial charge on any atom is -0.399 e. The molecule has 2 aromatic carbocycles. The molecule has 0 aliphatic carbocycles. The van der Waals surface area contributed by atoms with Crippen LogP contribution < -0.4 is 10.6 Å². The zero-order valence-electron chi connectivity index (χ0n) is 15.1. The smallest absolute Gasteiger partial charge is 0.0399 e. The monoisotopic (exact) mass is 323 g/mol. The predicted molar refractivity (Wildman–Crippen MR) is 104 cm³/mol. The Balaban J connectivity index is 1.58. The fourth-order valence-electron chi connectivity index (χ4n) is 3.61. The van der Waals surface area contributed by atoms with Gasteiger partial charge in [0.25, 0.3) is 0 Å². The van der Waals surface area contributed by atoms with E-state index in [1.54, 1.807) is 0 Å². The van der Waals surface area contributed by atoms with Gasteiger partial charge < -0.3 is 10.6 Å². The van der Waals surface area contributed by atoms with Gasteiger partial charge in [-0.25, -0.2) is 0 Å². The highest BCUT2D eigenvalue weighted by Crippen LogP contribution is 2.24. The topological polar surface area (TPSA) is 32.5 Å². The lowest BCUT2D eigenvalue weighted by Crippen LogP contribution is -2.50. The largest absolute Gasteiger partial charge is 0.399 e. The second-order valence-electron chi connectivity index (χ2n) is 7.04. The lowest BCUT2D eigenvalue weighted by atomic mass is 10.0. The first-order chi connectivity index (χ1) is 11.5. The van der Waals surface area contributed by atoms with Crippen molar-refractivity contribution >= 4 is 11.4 Å². The van der Waals surface area contributed by atoms with Gasteiger partial charge >= 0.3 is 0 Å². The molecule has 1 fully saturated rings. The molecule has 0 spiro atoms. The summed E-state index contributed by atoms with van der Waals surface area (Å²) in [5, 5.41) is 0. The lowest BCUT2D eigenvalue weighted by Gasteiger charge is -2.40. The molecule has 2 N–H and O–H groups in total. The Bertz CT molecular complexity index is 670. The first-order valence-electron chi connectivity index (χ1n) is 8.94. The molecule has 0 radical (unpaired) electrons. The Kier molecular flexibility index (Phi) is 5.10. The third kappa shape index (κ3) is 3.73. The van der Waals surface area contributed by atoms with Crippen molar-refractivity contribution in [1.82, 2.24) is 4.90 Å². The number of hydrogen-bond donors (Lipinski definition) is 1. The normalized spacial score (nSPS) is 17.0. The summed E-state index contributed by atoms with van der Waals surface area (Å²) < 4.78 is 0. The van der Waals surface area contributed by atoms with Crippen LogP contribution in [0.4, 0.5) is 11.4 Å². The molecule has 3 nitrogen and oxygen atoms in total. The van der Waals surface area contributed by atoms with Gasteiger partial charge in [0.05, 0.1) is 0 Å². The van der Waals surface area contributed by atoms with Crippen LogP contribution in [0.2, 0.25) is 0 Å². The van der Waals surface area contributed by atoms with Crippen molar-refractivity contribution in [3.05, 3.63) is 59.2 Å². The molecule has 0 bridgehead atoms. The van der Waals surface area contributed by atoms with E-state index in [-0.39, 0.29) is 0 Å². The van der Waals surface area contributed by atoms with Crippen molar-refractivity contribution in [2.24, 2.45) is 0 Å². The van der Waals surface area contributed by atoms with Crippen LogP contribution in [-0.4, -0.2) is 37.1 Å². The van der Waals surface area contributed by atoms with Gasteiger partial charge in [-0.1, -0.05) is 24.3 Å². The van der Waals surface area contributed by atoms with Crippen molar-refractivity contribution in [1.29, 1.82) is 0 Å². The second kappa shape index (κ2) is 7.27. The number of piperazine rings is 1. The Morgan fingerprint density at radius 2 is 1.62 bits per heavy atom. The second-order valence-corrected chi connectivity index (χ2v) is 7.04. The van der Waals surface area contributed by atoms with Crippen LogP contribution in [-0.2, 0) is 6.42 Å². The summed E-state index contributed by atoms with van der Waals surface area (Å²) in [7, 11) is 0. The van der Waals surface area contributed by atoms with Gasteiger partial charge in [-0.2, -0.15) is 0 Å². The van der Waals surface area contributed by atoms with E-state index in [0.717, 1.165) is 38.3 Å². The number of rotatable bonds is 4. The number of aryl methyl sites for hydroxylation is 1. The van der Waals surface area contributed by atoms with Gasteiger partial charge in [0.15, 0.2) is 0 Å². The molecule has 24 heavy (non-hydrogen) atoms. The summed E-state index contributed by atoms with van der Waals surface area (Å²) in [5.41, 5.74) is 12.2. The van der Waals surface area contributed by atoms with Crippen molar-refractivity contribution < 1.29 is 0 Å². The van der Waals surface area contributed by atoms with Crippen LogP contribution in [0.5, 0.6) is 0 Å². The van der Waals surface area contributed by atoms with E-state index in [0.29, 0.717) is 6.04 Å². The van der Waals surface area contributed by atoms with E-state index in [1.807, 2.05) is 12.1 Å². The van der Waals surface area contributed by atoms with Crippen LogP contribution in [0.15, 0.2) is 42.5 Å². The van der Waals surface area contributed by atoms with Crippen LogP contribution in [0.25, 0.3) is 0 Å². The molecule has 0 saturated carbocycles. The zero-order valence-corrected chi connectivity index (χ0v) is 15.1. The lowest BCUT2D eigenvalue weighted by molar-refractivity contribution is 0.196. The Labute approximate surface area is 146 Å². The summed E-state index contributed by atoms with van der Waals surface area (Å²) in [6, 6.07) is 15.5. The van der Waals surface area contributed by atoms with Gasteiger partial charge in [-0.05, 0) is 62.1 Å². The molecular weight excluding hydrogens is 294 g/mol. The molecule has 1 atom stereocenters.